The van der Waals surface area contributed by atoms with Crippen molar-refractivity contribution in [1.29, 1.82) is 0 Å². The molecular formula is C13H24BrN. The normalized spacial score (nSPS) is 35.2. The van der Waals surface area contributed by atoms with E-state index in [4.69, 9.17) is 0 Å². The summed E-state index contributed by atoms with van der Waals surface area (Å²) < 4.78 is 0. The Bertz CT molecular complexity index is 213. The van der Waals surface area contributed by atoms with Crippen LogP contribution in [-0.4, -0.2) is 29.4 Å². The van der Waals surface area contributed by atoms with Crippen LogP contribution in [0.25, 0.3) is 0 Å². The van der Waals surface area contributed by atoms with Crippen molar-refractivity contribution in [1.82, 2.24) is 4.90 Å². The van der Waals surface area contributed by atoms with Gasteiger partial charge in [-0.15, -0.1) is 0 Å². The molecule has 0 aromatic heterocycles. The van der Waals surface area contributed by atoms with Crippen molar-refractivity contribution < 1.29 is 0 Å². The quantitative estimate of drug-likeness (QED) is 0.707. The fourth-order valence-corrected chi connectivity index (χ4v) is 4.21. The SMILES string of the molecule is CN(CC1(C)CCC1)C1CCCCC1Br. The minimum atomic E-state index is 0.638. The van der Waals surface area contributed by atoms with E-state index in [-0.39, 0.29) is 0 Å². The molecule has 2 unspecified atom stereocenters. The van der Waals surface area contributed by atoms with Crippen LogP contribution >= 0.6 is 15.9 Å². The molecule has 2 saturated carbocycles. The van der Waals surface area contributed by atoms with E-state index in [0.717, 1.165) is 10.9 Å². The lowest BCUT2D eigenvalue weighted by molar-refractivity contribution is 0.0682. The topological polar surface area (TPSA) is 3.24 Å². The van der Waals surface area contributed by atoms with Crippen LogP contribution in [0.15, 0.2) is 0 Å². The van der Waals surface area contributed by atoms with E-state index < -0.39 is 0 Å². The number of halogens is 1. The summed E-state index contributed by atoms with van der Waals surface area (Å²) in [7, 11) is 2.33. The predicted octanol–water partition coefficient (Wildman–Crippen LogP) is 3.81. The first-order valence-corrected chi connectivity index (χ1v) is 7.37. The maximum Gasteiger partial charge on any atom is 0.0301 e. The van der Waals surface area contributed by atoms with Gasteiger partial charge in [0.1, 0.15) is 0 Å². The zero-order chi connectivity index (χ0) is 10.9. The first-order chi connectivity index (χ1) is 7.11. The fourth-order valence-electron chi connectivity index (χ4n) is 3.22. The molecule has 2 heteroatoms. The molecule has 0 aromatic rings. The van der Waals surface area contributed by atoms with Crippen molar-refractivity contribution in [2.75, 3.05) is 13.6 Å². The van der Waals surface area contributed by atoms with E-state index in [1.54, 1.807) is 0 Å². The summed E-state index contributed by atoms with van der Waals surface area (Å²) >= 11 is 3.86. The molecule has 0 aliphatic heterocycles. The molecule has 88 valence electrons. The molecular weight excluding hydrogens is 250 g/mol. The number of hydrogen-bond donors (Lipinski definition) is 0. The summed E-state index contributed by atoms with van der Waals surface area (Å²) in [5.41, 5.74) is 0.638. The average Bonchev–Trinajstić information content (AvgIpc) is 2.16. The van der Waals surface area contributed by atoms with E-state index >= 15 is 0 Å². The Morgan fingerprint density at radius 2 is 1.87 bits per heavy atom. The lowest BCUT2D eigenvalue weighted by Gasteiger charge is -2.45. The third kappa shape index (κ3) is 2.76. The molecule has 0 radical (unpaired) electrons. The molecule has 2 aliphatic carbocycles. The molecule has 2 fully saturated rings. The molecule has 2 atom stereocenters. The molecule has 0 heterocycles. The second-order valence-electron chi connectivity index (χ2n) is 5.95. The smallest absolute Gasteiger partial charge is 0.0301 e. The first-order valence-electron chi connectivity index (χ1n) is 6.45. The highest BCUT2D eigenvalue weighted by Gasteiger charge is 2.36. The highest BCUT2D eigenvalue weighted by molar-refractivity contribution is 9.09. The van der Waals surface area contributed by atoms with Crippen LogP contribution < -0.4 is 0 Å². The van der Waals surface area contributed by atoms with E-state index in [1.165, 1.54) is 51.5 Å². The van der Waals surface area contributed by atoms with E-state index in [9.17, 15) is 0 Å². The van der Waals surface area contributed by atoms with Crippen molar-refractivity contribution in [3.8, 4) is 0 Å². The van der Waals surface area contributed by atoms with Gasteiger partial charge in [0.15, 0.2) is 0 Å². The molecule has 1 nitrogen and oxygen atoms in total. The second-order valence-corrected chi connectivity index (χ2v) is 7.12. The second kappa shape index (κ2) is 4.75. The van der Waals surface area contributed by atoms with Gasteiger partial charge in [-0.25, -0.2) is 0 Å². The van der Waals surface area contributed by atoms with Crippen molar-refractivity contribution in [3.63, 3.8) is 0 Å². The van der Waals surface area contributed by atoms with Gasteiger partial charge in [-0.1, -0.05) is 42.1 Å². The van der Waals surface area contributed by atoms with Gasteiger partial charge < -0.3 is 4.90 Å². The molecule has 0 spiro atoms. The number of hydrogen-bond acceptors (Lipinski definition) is 1. The maximum atomic E-state index is 3.86. The van der Waals surface area contributed by atoms with Crippen LogP contribution in [0.5, 0.6) is 0 Å². The van der Waals surface area contributed by atoms with Crippen molar-refractivity contribution in [3.05, 3.63) is 0 Å². The number of rotatable bonds is 3. The Kier molecular flexibility index (Phi) is 3.77. The van der Waals surface area contributed by atoms with E-state index in [1.807, 2.05) is 0 Å². The molecule has 2 aliphatic rings. The van der Waals surface area contributed by atoms with Crippen LogP contribution in [0, 0.1) is 5.41 Å². The fraction of sp³-hybridized carbons (Fsp3) is 1.00. The standard InChI is InChI=1S/C13H24BrN/c1-13(8-5-9-13)10-15(2)12-7-4-3-6-11(12)14/h11-12H,3-10H2,1-2H3. The Morgan fingerprint density at radius 3 is 2.40 bits per heavy atom. The van der Waals surface area contributed by atoms with Gasteiger partial charge in [0.05, 0.1) is 0 Å². The molecule has 2 rings (SSSR count). The van der Waals surface area contributed by atoms with Crippen molar-refractivity contribution in [2.24, 2.45) is 5.41 Å². The monoisotopic (exact) mass is 273 g/mol. The van der Waals surface area contributed by atoms with E-state index in [2.05, 4.69) is 34.8 Å². The van der Waals surface area contributed by atoms with Gasteiger partial charge in [0, 0.05) is 17.4 Å². The van der Waals surface area contributed by atoms with Crippen LogP contribution in [0.2, 0.25) is 0 Å². The first kappa shape index (κ1) is 11.9. The zero-order valence-corrected chi connectivity index (χ0v) is 11.7. The van der Waals surface area contributed by atoms with Gasteiger partial charge in [-0.3, -0.25) is 0 Å². The molecule has 0 aromatic carbocycles. The number of alkyl halides is 1. The molecule has 0 amide bonds. The molecule has 15 heavy (non-hydrogen) atoms. The van der Waals surface area contributed by atoms with Gasteiger partial charge >= 0.3 is 0 Å². The summed E-state index contributed by atoms with van der Waals surface area (Å²) in [4.78, 5) is 3.36. The Balaban J connectivity index is 1.85. The highest BCUT2D eigenvalue weighted by Crippen LogP contribution is 2.41. The van der Waals surface area contributed by atoms with Gasteiger partial charge in [-0.2, -0.15) is 0 Å². The molecule has 0 saturated heterocycles. The van der Waals surface area contributed by atoms with Crippen LogP contribution in [0.1, 0.15) is 51.9 Å². The van der Waals surface area contributed by atoms with Crippen LogP contribution in [-0.2, 0) is 0 Å². The van der Waals surface area contributed by atoms with Crippen LogP contribution in [0.4, 0.5) is 0 Å². The summed E-state index contributed by atoms with van der Waals surface area (Å²) in [5, 5.41) is 0. The Morgan fingerprint density at radius 1 is 1.20 bits per heavy atom. The minimum Gasteiger partial charge on any atom is -0.302 e. The summed E-state index contributed by atoms with van der Waals surface area (Å²) in [5.74, 6) is 0. The van der Waals surface area contributed by atoms with Gasteiger partial charge in [-0.05, 0) is 38.1 Å². The lowest BCUT2D eigenvalue weighted by Crippen LogP contribution is -2.47. The largest absolute Gasteiger partial charge is 0.302 e. The van der Waals surface area contributed by atoms with Crippen molar-refractivity contribution >= 4 is 15.9 Å². The van der Waals surface area contributed by atoms with Crippen molar-refractivity contribution in [2.45, 2.75) is 62.7 Å². The number of nitrogens with zero attached hydrogens (tertiary/aromatic N) is 1. The third-order valence-corrected chi connectivity index (χ3v) is 5.47. The van der Waals surface area contributed by atoms with Crippen LogP contribution in [0.3, 0.4) is 0 Å². The summed E-state index contributed by atoms with van der Waals surface area (Å²) in [6.07, 6.45) is 9.93. The Hall–Kier alpha value is 0.440. The summed E-state index contributed by atoms with van der Waals surface area (Å²) in [6, 6.07) is 0.788. The van der Waals surface area contributed by atoms with Gasteiger partial charge in [0.25, 0.3) is 0 Å². The predicted molar refractivity (Wildman–Crippen MR) is 69.6 cm³/mol. The van der Waals surface area contributed by atoms with E-state index in [0.29, 0.717) is 5.41 Å². The highest BCUT2D eigenvalue weighted by atomic mass is 79.9. The van der Waals surface area contributed by atoms with Gasteiger partial charge in [0.2, 0.25) is 0 Å². The minimum absolute atomic E-state index is 0.638. The third-order valence-electron chi connectivity index (χ3n) is 4.41. The molecule has 0 bridgehead atoms. The molecule has 0 N–H and O–H groups in total. The summed E-state index contributed by atoms with van der Waals surface area (Å²) in [6.45, 7) is 3.76. The lowest BCUT2D eigenvalue weighted by atomic mass is 9.70. The Labute approximate surface area is 103 Å². The average molecular weight is 274 g/mol. The maximum absolute atomic E-state index is 3.86. The zero-order valence-electron chi connectivity index (χ0n) is 10.1.